The Balaban J connectivity index is 1.73. The third kappa shape index (κ3) is 4.05. The van der Waals surface area contributed by atoms with Gasteiger partial charge in [0.1, 0.15) is 5.69 Å². The first-order valence-electron chi connectivity index (χ1n) is 8.49. The molecule has 2 aromatic rings. The lowest BCUT2D eigenvalue weighted by molar-refractivity contribution is -0.0458. The van der Waals surface area contributed by atoms with E-state index in [0.717, 1.165) is 6.42 Å². The lowest BCUT2D eigenvalue weighted by Crippen LogP contribution is -2.50. The quantitative estimate of drug-likeness (QED) is 0.839. The topological polar surface area (TPSA) is 77.8 Å². The second-order valence-corrected chi connectivity index (χ2v) is 6.43. The van der Waals surface area contributed by atoms with Gasteiger partial charge in [0.25, 0.3) is 5.91 Å². The largest absolute Gasteiger partial charge is 0.379 e. The molecule has 134 valence electrons. The number of ether oxygens (including phenoxy) is 2. The number of aromatic nitrogens is 3. The standard InChI is InChI=1S/C18H24N4O3/c1-12(2)5-10-25-15-6-9-24-11-14(15)21-17(23)16-13(3)20-18-19-7-4-8-22(16)18/h4-5,7-8,14-15H,6,9-11H2,1-3H3,(H,21,23). The van der Waals surface area contributed by atoms with E-state index in [0.29, 0.717) is 37.0 Å². The average molecular weight is 344 g/mol. The third-order valence-corrected chi connectivity index (χ3v) is 4.20. The van der Waals surface area contributed by atoms with Gasteiger partial charge in [-0.3, -0.25) is 9.20 Å². The van der Waals surface area contributed by atoms with Crippen molar-refractivity contribution in [1.29, 1.82) is 0 Å². The molecule has 2 atom stereocenters. The Kier molecular flexibility index (Phi) is 5.45. The predicted molar refractivity (Wildman–Crippen MR) is 93.6 cm³/mol. The highest BCUT2D eigenvalue weighted by atomic mass is 16.5. The first-order valence-corrected chi connectivity index (χ1v) is 8.49. The SMILES string of the molecule is CC(C)=CCOC1CCOCC1NC(=O)c1c(C)nc2ncccn12. The Hall–Kier alpha value is -2.25. The number of rotatable bonds is 5. The number of carbonyl (C=O) groups is 1. The molecular weight excluding hydrogens is 320 g/mol. The smallest absolute Gasteiger partial charge is 0.270 e. The summed E-state index contributed by atoms with van der Waals surface area (Å²) in [7, 11) is 0. The number of fused-ring (bicyclic) bond motifs is 1. The van der Waals surface area contributed by atoms with Crippen LogP contribution in [0.3, 0.4) is 0 Å². The first-order chi connectivity index (χ1) is 12.1. The van der Waals surface area contributed by atoms with Crippen LogP contribution in [0.2, 0.25) is 0 Å². The zero-order valence-corrected chi connectivity index (χ0v) is 14.9. The molecule has 1 saturated heterocycles. The van der Waals surface area contributed by atoms with Gasteiger partial charge in [-0.1, -0.05) is 11.6 Å². The van der Waals surface area contributed by atoms with Crippen molar-refractivity contribution in [2.45, 2.75) is 39.3 Å². The summed E-state index contributed by atoms with van der Waals surface area (Å²) in [4.78, 5) is 21.3. The van der Waals surface area contributed by atoms with Gasteiger partial charge in [-0.2, -0.15) is 0 Å². The number of amides is 1. The van der Waals surface area contributed by atoms with Crippen LogP contribution in [0, 0.1) is 6.92 Å². The fraction of sp³-hybridized carbons (Fsp3) is 0.500. The summed E-state index contributed by atoms with van der Waals surface area (Å²) in [6, 6.07) is 1.59. The highest BCUT2D eigenvalue weighted by Gasteiger charge is 2.29. The summed E-state index contributed by atoms with van der Waals surface area (Å²) in [6.07, 6.45) is 6.18. The van der Waals surface area contributed by atoms with Gasteiger partial charge in [-0.15, -0.1) is 0 Å². The van der Waals surface area contributed by atoms with Crippen LogP contribution in [0.1, 0.15) is 36.5 Å². The fourth-order valence-corrected chi connectivity index (χ4v) is 2.90. The predicted octanol–water partition coefficient (Wildman–Crippen LogP) is 1.91. The molecule has 0 aromatic carbocycles. The monoisotopic (exact) mass is 344 g/mol. The number of nitrogens with one attached hydrogen (secondary N) is 1. The van der Waals surface area contributed by atoms with Gasteiger partial charge in [-0.05, 0) is 33.3 Å². The Bertz CT molecular complexity index is 780. The zero-order chi connectivity index (χ0) is 17.8. The van der Waals surface area contributed by atoms with E-state index in [1.807, 2.05) is 26.8 Å². The van der Waals surface area contributed by atoms with E-state index in [1.165, 1.54) is 5.57 Å². The van der Waals surface area contributed by atoms with E-state index in [1.54, 1.807) is 22.9 Å². The number of allylic oxidation sites excluding steroid dienone is 1. The first kappa shape index (κ1) is 17.6. The van der Waals surface area contributed by atoms with Crippen LogP contribution < -0.4 is 5.32 Å². The molecular formula is C18H24N4O3. The van der Waals surface area contributed by atoms with E-state index in [4.69, 9.17) is 9.47 Å². The zero-order valence-electron chi connectivity index (χ0n) is 14.9. The molecule has 1 N–H and O–H groups in total. The van der Waals surface area contributed by atoms with Crippen LogP contribution >= 0.6 is 0 Å². The fourth-order valence-electron chi connectivity index (χ4n) is 2.90. The van der Waals surface area contributed by atoms with Gasteiger partial charge >= 0.3 is 0 Å². The van der Waals surface area contributed by atoms with Crippen LogP contribution in [-0.2, 0) is 9.47 Å². The number of nitrogens with zero attached hydrogens (tertiary/aromatic N) is 3. The average Bonchev–Trinajstić information content (AvgIpc) is 2.92. The van der Waals surface area contributed by atoms with E-state index < -0.39 is 0 Å². The second kappa shape index (κ2) is 7.76. The molecule has 0 spiro atoms. The molecule has 2 aromatic heterocycles. The number of aryl methyl sites for hydroxylation is 1. The van der Waals surface area contributed by atoms with Gasteiger partial charge in [0, 0.05) is 19.0 Å². The van der Waals surface area contributed by atoms with E-state index >= 15 is 0 Å². The van der Waals surface area contributed by atoms with Crippen molar-refractivity contribution in [3.8, 4) is 0 Å². The van der Waals surface area contributed by atoms with Crippen molar-refractivity contribution in [2.75, 3.05) is 19.8 Å². The molecule has 0 saturated carbocycles. The summed E-state index contributed by atoms with van der Waals surface area (Å²) >= 11 is 0. The lowest BCUT2D eigenvalue weighted by Gasteiger charge is -2.31. The molecule has 0 radical (unpaired) electrons. The Labute approximate surface area is 147 Å². The molecule has 25 heavy (non-hydrogen) atoms. The van der Waals surface area contributed by atoms with Crippen LogP contribution in [0.4, 0.5) is 0 Å². The molecule has 1 aliphatic rings. The molecule has 3 heterocycles. The van der Waals surface area contributed by atoms with Crippen molar-refractivity contribution in [1.82, 2.24) is 19.7 Å². The molecule has 7 heteroatoms. The molecule has 7 nitrogen and oxygen atoms in total. The number of hydrogen-bond donors (Lipinski definition) is 1. The maximum atomic E-state index is 12.8. The van der Waals surface area contributed by atoms with Crippen molar-refractivity contribution >= 4 is 11.7 Å². The van der Waals surface area contributed by atoms with Gasteiger partial charge in [-0.25, -0.2) is 9.97 Å². The molecule has 3 rings (SSSR count). The molecule has 1 aliphatic heterocycles. The molecule has 1 amide bonds. The van der Waals surface area contributed by atoms with Crippen molar-refractivity contribution in [3.63, 3.8) is 0 Å². The molecule has 1 fully saturated rings. The van der Waals surface area contributed by atoms with E-state index in [2.05, 4.69) is 15.3 Å². The maximum Gasteiger partial charge on any atom is 0.270 e. The minimum atomic E-state index is -0.190. The third-order valence-electron chi connectivity index (χ3n) is 4.20. The van der Waals surface area contributed by atoms with Crippen LogP contribution in [-0.4, -0.2) is 52.2 Å². The minimum absolute atomic E-state index is 0.0640. The van der Waals surface area contributed by atoms with E-state index in [9.17, 15) is 4.79 Å². The van der Waals surface area contributed by atoms with Gasteiger partial charge < -0.3 is 14.8 Å². The molecule has 0 aliphatic carbocycles. The molecule has 0 bridgehead atoms. The summed E-state index contributed by atoms with van der Waals surface area (Å²) in [5, 5.41) is 3.04. The number of carbonyl (C=O) groups excluding carboxylic acids is 1. The minimum Gasteiger partial charge on any atom is -0.379 e. The van der Waals surface area contributed by atoms with Gasteiger partial charge in [0.15, 0.2) is 0 Å². The Morgan fingerprint density at radius 3 is 3.16 bits per heavy atom. The lowest BCUT2D eigenvalue weighted by atomic mass is 10.1. The van der Waals surface area contributed by atoms with Gasteiger partial charge in [0.2, 0.25) is 5.78 Å². The summed E-state index contributed by atoms with van der Waals surface area (Å²) in [6.45, 7) is 7.51. The van der Waals surface area contributed by atoms with Crippen molar-refractivity contribution in [3.05, 3.63) is 41.5 Å². The van der Waals surface area contributed by atoms with Crippen molar-refractivity contribution < 1.29 is 14.3 Å². The van der Waals surface area contributed by atoms with Crippen molar-refractivity contribution in [2.24, 2.45) is 0 Å². The number of imidazole rings is 1. The normalized spacial score (nSPS) is 20.4. The summed E-state index contributed by atoms with van der Waals surface area (Å²) < 4.78 is 13.2. The Morgan fingerprint density at radius 1 is 1.52 bits per heavy atom. The maximum absolute atomic E-state index is 12.8. The highest BCUT2D eigenvalue weighted by Crippen LogP contribution is 2.15. The van der Waals surface area contributed by atoms with Crippen LogP contribution in [0.5, 0.6) is 0 Å². The second-order valence-electron chi connectivity index (χ2n) is 6.43. The Morgan fingerprint density at radius 2 is 2.36 bits per heavy atom. The van der Waals surface area contributed by atoms with Crippen LogP contribution in [0.25, 0.3) is 5.78 Å². The number of hydrogen-bond acceptors (Lipinski definition) is 5. The highest BCUT2D eigenvalue weighted by molar-refractivity contribution is 5.94. The van der Waals surface area contributed by atoms with E-state index in [-0.39, 0.29) is 18.1 Å². The molecule has 2 unspecified atom stereocenters. The van der Waals surface area contributed by atoms with Crippen LogP contribution in [0.15, 0.2) is 30.1 Å². The summed E-state index contributed by atoms with van der Waals surface area (Å²) in [5.74, 6) is 0.325. The van der Waals surface area contributed by atoms with Gasteiger partial charge in [0.05, 0.1) is 31.1 Å². The summed E-state index contributed by atoms with van der Waals surface area (Å²) in [5.41, 5.74) is 2.35.